The molecule has 0 spiro atoms. The molecule has 0 aliphatic carbocycles. The van der Waals surface area contributed by atoms with Crippen LogP contribution in [0.15, 0.2) is 22.1 Å². The Labute approximate surface area is 132 Å². The van der Waals surface area contributed by atoms with Gasteiger partial charge in [0.05, 0.1) is 17.1 Å². The van der Waals surface area contributed by atoms with Gasteiger partial charge < -0.3 is 10.6 Å². The van der Waals surface area contributed by atoms with E-state index in [-0.39, 0.29) is 17.9 Å². The van der Waals surface area contributed by atoms with E-state index in [1.165, 1.54) is 11.3 Å². The molecule has 0 radical (unpaired) electrons. The Morgan fingerprint density at radius 1 is 1.23 bits per heavy atom. The zero-order chi connectivity index (χ0) is 15.3. The Balaban J connectivity index is 2.00. The summed E-state index contributed by atoms with van der Waals surface area (Å²) in [7, 11) is 0. The Bertz CT molecular complexity index is 836. The van der Waals surface area contributed by atoms with Crippen LogP contribution >= 0.6 is 11.3 Å². The lowest BCUT2D eigenvalue weighted by Crippen LogP contribution is -2.34. The molecular weight excluding hydrogens is 296 g/mol. The van der Waals surface area contributed by atoms with E-state index in [1.54, 1.807) is 0 Å². The molecule has 112 valence electrons. The second-order valence-corrected chi connectivity index (χ2v) is 6.84. The van der Waals surface area contributed by atoms with Crippen molar-refractivity contribution in [3.63, 3.8) is 0 Å². The molecule has 2 aliphatic heterocycles. The minimum Gasteiger partial charge on any atom is -0.381 e. The van der Waals surface area contributed by atoms with Crippen molar-refractivity contribution in [1.29, 1.82) is 0 Å². The fourth-order valence-electron chi connectivity index (χ4n) is 2.75. The standard InChI is InChI=1S/C16H16N4OS/c1-8-5-17-10-3-4-11-12(13(10)18-6-8)14-15(22-11)16(21)20-9(2)7-19-14/h3-6,8-9,19H,7H2,1-2H3,(H,20,21)/t8?,9-/m1/s1. The number of nitrogens with zero attached hydrogens (tertiary/aromatic N) is 2. The largest absolute Gasteiger partial charge is 0.381 e. The van der Waals surface area contributed by atoms with Crippen LogP contribution in [0.1, 0.15) is 23.5 Å². The second-order valence-electron chi connectivity index (χ2n) is 5.78. The van der Waals surface area contributed by atoms with Gasteiger partial charge in [-0.3, -0.25) is 14.8 Å². The van der Waals surface area contributed by atoms with Gasteiger partial charge in [0.25, 0.3) is 5.91 Å². The fourth-order valence-corrected chi connectivity index (χ4v) is 3.83. The van der Waals surface area contributed by atoms with Crippen LogP contribution in [-0.4, -0.2) is 30.9 Å². The van der Waals surface area contributed by atoms with Crippen LogP contribution in [0.4, 0.5) is 17.1 Å². The number of carbonyl (C=O) groups is 1. The summed E-state index contributed by atoms with van der Waals surface area (Å²) in [4.78, 5) is 22.3. The maximum atomic E-state index is 12.4. The molecule has 2 aromatic rings. The number of thiophene rings is 1. The zero-order valence-electron chi connectivity index (χ0n) is 12.4. The molecule has 1 aromatic carbocycles. The second kappa shape index (κ2) is 4.91. The summed E-state index contributed by atoms with van der Waals surface area (Å²) in [5.41, 5.74) is 2.60. The number of nitrogens with one attached hydrogen (secondary N) is 2. The van der Waals surface area contributed by atoms with E-state index < -0.39 is 0 Å². The minimum absolute atomic E-state index is 0.0167. The van der Waals surface area contributed by atoms with Crippen LogP contribution in [0, 0.1) is 5.92 Å². The highest BCUT2D eigenvalue weighted by Gasteiger charge is 2.26. The molecular formula is C16H16N4OS. The van der Waals surface area contributed by atoms with Crippen molar-refractivity contribution in [2.75, 3.05) is 11.9 Å². The highest BCUT2D eigenvalue weighted by Crippen LogP contribution is 2.46. The predicted molar refractivity (Wildman–Crippen MR) is 92.7 cm³/mol. The first kappa shape index (κ1) is 13.5. The van der Waals surface area contributed by atoms with Gasteiger partial charge in [-0.05, 0) is 19.1 Å². The Morgan fingerprint density at radius 2 is 2.05 bits per heavy atom. The third kappa shape index (κ3) is 2.02. The SMILES string of the molecule is CC1C=Nc2ccc3sc4c(c3c2N=C1)NC[C@@H](C)NC4=O. The van der Waals surface area contributed by atoms with Gasteiger partial charge in [-0.15, -0.1) is 11.3 Å². The number of anilines is 1. The smallest absolute Gasteiger partial charge is 0.263 e. The lowest BCUT2D eigenvalue weighted by molar-refractivity contribution is 0.0949. The average molecular weight is 312 g/mol. The summed E-state index contributed by atoms with van der Waals surface area (Å²) >= 11 is 1.50. The summed E-state index contributed by atoms with van der Waals surface area (Å²) in [6.07, 6.45) is 3.80. The number of hydrogen-bond donors (Lipinski definition) is 2. The van der Waals surface area contributed by atoms with Crippen molar-refractivity contribution in [3.05, 3.63) is 17.0 Å². The maximum Gasteiger partial charge on any atom is 0.263 e. The molecule has 2 N–H and O–H groups in total. The summed E-state index contributed by atoms with van der Waals surface area (Å²) in [6.45, 7) is 4.75. The third-order valence-electron chi connectivity index (χ3n) is 3.86. The van der Waals surface area contributed by atoms with Crippen LogP contribution in [-0.2, 0) is 0 Å². The van der Waals surface area contributed by atoms with Gasteiger partial charge in [-0.25, -0.2) is 0 Å². The van der Waals surface area contributed by atoms with E-state index in [4.69, 9.17) is 0 Å². The quantitative estimate of drug-likeness (QED) is 0.782. The number of hydrogen-bond acceptors (Lipinski definition) is 5. The molecule has 1 aromatic heterocycles. The molecule has 6 heteroatoms. The third-order valence-corrected chi connectivity index (χ3v) is 5.02. The summed E-state index contributed by atoms with van der Waals surface area (Å²) in [5, 5.41) is 7.41. The van der Waals surface area contributed by atoms with Crippen molar-refractivity contribution in [2.24, 2.45) is 15.9 Å². The molecule has 0 bridgehead atoms. The van der Waals surface area contributed by atoms with Crippen LogP contribution in [0.25, 0.3) is 10.1 Å². The lowest BCUT2D eigenvalue weighted by atomic mass is 10.1. The summed E-state index contributed by atoms with van der Waals surface area (Å²) in [5.74, 6) is 0.188. The number of benzene rings is 1. The minimum atomic E-state index is -0.0167. The number of aliphatic imine (C=N–C) groups is 2. The molecule has 22 heavy (non-hydrogen) atoms. The lowest BCUT2D eigenvalue weighted by Gasteiger charge is -2.10. The highest BCUT2D eigenvalue weighted by molar-refractivity contribution is 7.21. The van der Waals surface area contributed by atoms with Crippen molar-refractivity contribution >= 4 is 56.8 Å². The summed E-state index contributed by atoms with van der Waals surface area (Å²) < 4.78 is 1.06. The molecule has 0 saturated heterocycles. The maximum absolute atomic E-state index is 12.4. The molecule has 0 fully saturated rings. The topological polar surface area (TPSA) is 65.8 Å². The van der Waals surface area contributed by atoms with Gasteiger partial charge in [-0.1, -0.05) is 6.92 Å². The zero-order valence-corrected chi connectivity index (χ0v) is 13.2. The number of carbonyl (C=O) groups excluding carboxylic acids is 1. The van der Waals surface area contributed by atoms with Crippen molar-refractivity contribution in [3.8, 4) is 0 Å². The molecule has 0 saturated carbocycles. The van der Waals surface area contributed by atoms with Crippen LogP contribution < -0.4 is 10.6 Å². The van der Waals surface area contributed by atoms with Crippen molar-refractivity contribution in [1.82, 2.24) is 5.32 Å². The van der Waals surface area contributed by atoms with E-state index in [9.17, 15) is 4.79 Å². The molecule has 2 aliphatic rings. The van der Waals surface area contributed by atoms with Crippen molar-refractivity contribution in [2.45, 2.75) is 19.9 Å². The Kier molecular flexibility index (Phi) is 3.00. The van der Waals surface area contributed by atoms with E-state index in [0.29, 0.717) is 6.54 Å². The number of fused-ring (bicyclic) bond motifs is 5. The van der Waals surface area contributed by atoms with Gasteiger partial charge in [0, 0.05) is 41.0 Å². The van der Waals surface area contributed by atoms with E-state index in [0.717, 1.165) is 32.0 Å². The van der Waals surface area contributed by atoms with E-state index >= 15 is 0 Å². The average Bonchev–Trinajstić information content (AvgIpc) is 2.68. The Hall–Kier alpha value is -2.21. The van der Waals surface area contributed by atoms with Crippen LogP contribution in [0.2, 0.25) is 0 Å². The molecule has 3 heterocycles. The molecule has 1 amide bonds. The normalized spacial score (nSPS) is 23.3. The molecule has 5 nitrogen and oxygen atoms in total. The first-order chi connectivity index (χ1) is 10.6. The predicted octanol–water partition coefficient (Wildman–Crippen LogP) is 3.50. The fraction of sp³-hybridized carbons (Fsp3) is 0.312. The van der Waals surface area contributed by atoms with Gasteiger partial charge in [-0.2, -0.15) is 0 Å². The molecule has 1 unspecified atom stereocenters. The number of rotatable bonds is 0. The molecule has 4 rings (SSSR count). The first-order valence-electron chi connectivity index (χ1n) is 7.36. The van der Waals surface area contributed by atoms with E-state index in [1.807, 2.05) is 31.5 Å². The van der Waals surface area contributed by atoms with Gasteiger partial charge in [0.1, 0.15) is 4.88 Å². The van der Waals surface area contributed by atoms with Crippen LogP contribution in [0.3, 0.4) is 0 Å². The first-order valence-corrected chi connectivity index (χ1v) is 8.18. The van der Waals surface area contributed by atoms with Gasteiger partial charge in [0.15, 0.2) is 0 Å². The number of amides is 1. The van der Waals surface area contributed by atoms with Crippen LogP contribution in [0.5, 0.6) is 0 Å². The highest BCUT2D eigenvalue weighted by atomic mass is 32.1. The van der Waals surface area contributed by atoms with E-state index in [2.05, 4.69) is 27.5 Å². The molecule has 2 atom stereocenters. The monoisotopic (exact) mass is 312 g/mol. The van der Waals surface area contributed by atoms with Crippen molar-refractivity contribution < 1.29 is 4.79 Å². The van der Waals surface area contributed by atoms with Gasteiger partial charge >= 0.3 is 0 Å². The van der Waals surface area contributed by atoms with Gasteiger partial charge in [0.2, 0.25) is 0 Å². The summed E-state index contributed by atoms with van der Waals surface area (Å²) in [6, 6.07) is 4.10. The Morgan fingerprint density at radius 3 is 2.91 bits per heavy atom.